The van der Waals surface area contributed by atoms with Crippen LogP contribution in [0.15, 0.2) is 47.6 Å². The molecule has 1 aromatic heterocycles. The number of hydrogen-bond donors (Lipinski definition) is 4. The summed E-state index contributed by atoms with van der Waals surface area (Å²) in [6, 6.07) is 8.94. The molecule has 3 rings (SSSR count). The predicted octanol–water partition coefficient (Wildman–Crippen LogP) is 2.49. The Morgan fingerprint density at radius 1 is 1.13 bits per heavy atom. The molecule has 1 aliphatic rings. The monoisotopic (exact) mass is 428 g/mol. The Balaban J connectivity index is 1.71. The van der Waals surface area contributed by atoms with Gasteiger partial charge in [-0.25, -0.2) is 15.2 Å². The number of aromatic nitrogens is 1. The highest BCUT2D eigenvalue weighted by Crippen LogP contribution is 2.27. The summed E-state index contributed by atoms with van der Waals surface area (Å²) in [6.45, 7) is 5.51. The quantitative estimate of drug-likeness (QED) is 0.558. The van der Waals surface area contributed by atoms with Crippen molar-refractivity contribution in [3.8, 4) is 0 Å². The molecule has 9 nitrogen and oxygen atoms in total. The van der Waals surface area contributed by atoms with Crippen LogP contribution in [0.25, 0.3) is 0 Å². The predicted molar refractivity (Wildman–Crippen MR) is 113 cm³/mol. The van der Waals surface area contributed by atoms with Crippen molar-refractivity contribution in [1.29, 1.82) is 0 Å². The van der Waals surface area contributed by atoms with Crippen LogP contribution in [0.5, 0.6) is 0 Å². The average molecular weight is 429 g/mol. The molecule has 0 fully saturated rings. The second kappa shape index (κ2) is 8.50. The van der Waals surface area contributed by atoms with Gasteiger partial charge in [0.05, 0.1) is 5.56 Å². The minimum atomic E-state index is -0.947. The SMILES string of the molecule is CC(C)[C@]1(C)N=C(c2ncccc2C(=O)NNC(=O)Nc2ccc(Cl)cc2)NC1=O. The maximum absolute atomic E-state index is 12.6. The highest BCUT2D eigenvalue weighted by molar-refractivity contribution is 6.30. The fourth-order valence-corrected chi connectivity index (χ4v) is 2.83. The van der Waals surface area contributed by atoms with Gasteiger partial charge in [0.25, 0.3) is 11.8 Å². The van der Waals surface area contributed by atoms with Gasteiger partial charge in [0.1, 0.15) is 11.2 Å². The van der Waals surface area contributed by atoms with E-state index in [4.69, 9.17) is 11.6 Å². The van der Waals surface area contributed by atoms with Gasteiger partial charge in [-0.2, -0.15) is 0 Å². The van der Waals surface area contributed by atoms with Gasteiger partial charge >= 0.3 is 6.03 Å². The van der Waals surface area contributed by atoms with E-state index in [1.54, 1.807) is 37.3 Å². The number of amides is 4. The second-order valence-corrected chi connectivity index (χ2v) is 7.59. The lowest BCUT2D eigenvalue weighted by molar-refractivity contribution is -0.124. The molecule has 0 saturated carbocycles. The number of urea groups is 1. The summed E-state index contributed by atoms with van der Waals surface area (Å²) in [5.74, 6) is -0.703. The Hall–Kier alpha value is -3.46. The molecular formula is C20H21ClN6O3. The molecule has 2 aromatic rings. The summed E-state index contributed by atoms with van der Waals surface area (Å²) in [4.78, 5) is 45.7. The van der Waals surface area contributed by atoms with Crippen molar-refractivity contribution in [2.24, 2.45) is 10.9 Å². The van der Waals surface area contributed by atoms with Gasteiger partial charge < -0.3 is 10.6 Å². The number of benzene rings is 1. The number of pyridine rings is 1. The van der Waals surface area contributed by atoms with Crippen LogP contribution in [-0.2, 0) is 4.79 Å². The van der Waals surface area contributed by atoms with Crippen LogP contribution in [0.4, 0.5) is 10.5 Å². The maximum Gasteiger partial charge on any atom is 0.337 e. The summed E-state index contributed by atoms with van der Waals surface area (Å²) in [5, 5.41) is 5.79. The molecule has 0 unspecified atom stereocenters. The first-order valence-corrected chi connectivity index (χ1v) is 9.58. The summed E-state index contributed by atoms with van der Waals surface area (Å²) < 4.78 is 0. The number of amidine groups is 1. The number of anilines is 1. The van der Waals surface area contributed by atoms with Gasteiger partial charge in [-0.15, -0.1) is 0 Å². The summed E-state index contributed by atoms with van der Waals surface area (Å²) in [5.41, 5.74) is 4.50. The molecule has 10 heteroatoms. The van der Waals surface area contributed by atoms with Gasteiger partial charge in [-0.05, 0) is 49.2 Å². The first kappa shape index (κ1) is 21.3. The van der Waals surface area contributed by atoms with Crippen LogP contribution in [0.2, 0.25) is 5.02 Å². The minimum absolute atomic E-state index is 0.0470. The Labute approximate surface area is 178 Å². The molecule has 156 valence electrons. The van der Waals surface area contributed by atoms with E-state index >= 15 is 0 Å². The molecule has 4 amide bonds. The van der Waals surface area contributed by atoms with Gasteiger partial charge in [-0.3, -0.25) is 20.0 Å². The average Bonchev–Trinajstić information content (AvgIpc) is 3.04. The van der Waals surface area contributed by atoms with Gasteiger partial charge in [-0.1, -0.05) is 25.4 Å². The van der Waals surface area contributed by atoms with Crippen molar-refractivity contribution in [2.75, 3.05) is 5.32 Å². The first-order valence-electron chi connectivity index (χ1n) is 9.20. The van der Waals surface area contributed by atoms with Crippen LogP contribution in [0.3, 0.4) is 0 Å². The number of nitrogens with one attached hydrogen (secondary N) is 4. The summed E-state index contributed by atoms with van der Waals surface area (Å²) >= 11 is 5.80. The molecule has 0 aliphatic carbocycles. The molecule has 1 aromatic carbocycles. The van der Waals surface area contributed by atoms with E-state index < -0.39 is 17.5 Å². The number of halogens is 1. The van der Waals surface area contributed by atoms with E-state index in [9.17, 15) is 14.4 Å². The van der Waals surface area contributed by atoms with Gasteiger partial charge in [0.15, 0.2) is 5.84 Å². The Bertz CT molecular complexity index is 1020. The Morgan fingerprint density at radius 3 is 2.47 bits per heavy atom. The molecule has 0 bridgehead atoms. The zero-order valence-corrected chi connectivity index (χ0v) is 17.4. The highest BCUT2D eigenvalue weighted by Gasteiger charge is 2.42. The molecule has 30 heavy (non-hydrogen) atoms. The van der Waals surface area contributed by atoms with Gasteiger partial charge in [0.2, 0.25) is 0 Å². The van der Waals surface area contributed by atoms with Crippen molar-refractivity contribution >= 4 is 41.0 Å². The van der Waals surface area contributed by atoms with Crippen molar-refractivity contribution < 1.29 is 14.4 Å². The van der Waals surface area contributed by atoms with Crippen molar-refractivity contribution in [3.05, 3.63) is 58.9 Å². The Kier molecular flexibility index (Phi) is 6.02. The van der Waals surface area contributed by atoms with E-state index in [0.717, 1.165) is 0 Å². The van der Waals surface area contributed by atoms with E-state index in [0.29, 0.717) is 10.7 Å². The van der Waals surface area contributed by atoms with Crippen LogP contribution in [0.1, 0.15) is 36.8 Å². The van der Waals surface area contributed by atoms with Crippen LogP contribution in [-0.4, -0.2) is 34.2 Å². The van der Waals surface area contributed by atoms with E-state index in [-0.39, 0.29) is 28.9 Å². The number of carbonyl (C=O) groups excluding carboxylic acids is 3. The molecule has 1 aliphatic heterocycles. The fraction of sp³-hybridized carbons (Fsp3) is 0.250. The number of aliphatic imine (C=N–C) groups is 1. The lowest BCUT2D eigenvalue weighted by Crippen LogP contribution is -2.44. The third-order valence-corrected chi connectivity index (χ3v) is 5.08. The Morgan fingerprint density at radius 2 is 1.83 bits per heavy atom. The third kappa shape index (κ3) is 4.41. The van der Waals surface area contributed by atoms with Crippen molar-refractivity contribution in [2.45, 2.75) is 26.3 Å². The number of rotatable bonds is 4. The standard InChI is InChI=1S/C20H21ClN6O3/c1-11(2)20(3)18(29)24-16(25-20)15-14(5-4-10-22-15)17(28)26-27-19(30)23-13-8-6-12(21)7-9-13/h4-11H,1-3H3,(H,26,28)(H2,23,27,30)(H,24,25,29)/t20-/m0/s1. The topological polar surface area (TPSA) is 125 Å². The number of hydrogen-bond acceptors (Lipinski definition) is 5. The minimum Gasteiger partial charge on any atom is -0.307 e. The molecule has 0 saturated heterocycles. The third-order valence-electron chi connectivity index (χ3n) is 4.83. The van der Waals surface area contributed by atoms with E-state index in [1.807, 2.05) is 13.8 Å². The van der Waals surface area contributed by atoms with Crippen LogP contribution < -0.4 is 21.5 Å². The number of hydrazine groups is 1. The van der Waals surface area contributed by atoms with Gasteiger partial charge in [0, 0.05) is 16.9 Å². The van der Waals surface area contributed by atoms with Crippen molar-refractivity contribution in [3.63, 3.8) is 0 Å². The largest absolute Gasteiger partial charge is 0.337 e. The highest BCUT2D eigenvalue weighted by atomic mass is 35.5. The maximum atomic E-state index is 12.6. The van der Waals surface area contributed by atoms with Crippen LogP contribution >= 0.6 is 11.6 Å². The smallest absolute Gasteiger partial charge is 0.307 e. The number of nitrogens with zero attached hydrogens (tertiary/aromatic N) is 2. The molecule has 1 atom stereocenters. The first-order chi connectivity index (χ1) is 14.2. The van der Waals surface area contributed by atoms with Crippen molar-refractivity contribution in [1.82, 2.24) is 21.2 Å². The van der Waals surface area contributed by atoms with E-state index in [1.165, 1.54) is 12.3 Å². The molecule has 2 heterocycles. The van der Waals surface area contributed by atoms with E-state index in [2.05, 4.69) is 31.5 Å². The summed E-state index contributed by atoms with van der Waals surface area (Å²) in [7, 11) is 0. The second-order valence-electron chi connectivity index (χ2n) is 7.16. The number of carbonyl (C=O) groups is 3. The molecule has 0 spiro atoms. The summed E-state index contributed by atoms with van der Waals surface area (Å²) in [6.07, 6.45) is 1.49. The fourth-order valence-electron chi connectivity index (χ4n) is 2.70. The molecule has 0 radical (unpaired) electrons. The normalized spacial score (nSPS) is 17.9. The zero-order valence-electron chi connectivity index (χ0n) is 16.6. The molecular weight excluding hydrogens is 408 g/mol. The zero-order chi connectivity index (χ0) is 21.9. The lowest BCUT2D eigenvalue weighted by Gasteiger charge is -2.21. The molecule has 4 N–H and O–H groups in total. The van der Waals surface area contributed by atoms with Crippen LogP contribution in [0, 0.1) is 5.92 Å². The lowest BCUT2D eigenvalue weighted by atomic mass is 9.89.